The molecule has 100 valence electrons. The average molecular weight is 388 g/mol. The molecule has 0 fully saturated rings. The van der Waals surface area contributed by atoms with Gasteiger partial charge in [0.15, 0.2) is 0 Å². The molecular formula is C12H12Br2N4O. The van der Waals surface area contributed by atoms with Gasteiger partial charge in [0.25, 0.3) is 0 Å². The first kappa shape index (κ1) is 14.1. The first-order chi connectivity index (χ1) is 9.13. The van der Waals surface area contributed by atoms with Gasteiger partial charge in [0, 0.05) is 10.5 Å². The lowest BCUT2D eigenvalue weighted by atomic mass is 10.3. The number of ether oxygens (including phenoxy) is 1. The molecular weight excluding hydrogens is 376 g/mol. The van der Waals surface area contributed by atoms with Crippen molar-refractivity contribution < 1.29 is 4.74 Å². The Labute approximate surface area is 127 Å². The second-order valence-electron chi connectivity index (χ2n) is 3.64. The number of pyridine rings is 1. The molecule has 0 spiro atoms. The fourth-order valence-corrected chi connectivity index (χ4v) is 2.76. The van der Waals surface area contributed by atoms with Crippen LogP contribution in [0.3, 0.4) is 0 Å². The van der Waals surface area contributed by atoms with Gasteiger partial charge in [0.2, 0.25) is 0 Å². The number of nitrogens with two attached hydrogens (primary N) is 1. The van der Waals surface area contributed by atoms with Crippen LogP contribution >= 0.6 is 31.9 Å². The van der Waals surface area contributed by atoms with E-state index in [4.69, 9.17) is 10.6 Å². The van der Waals surface area contributed by atoms with E-state index in [1.807, 2.05) is 24.3 Å². The molecule has 19 heavy (non-hydrogen) atoms. The van der Waals surface area contributed by atoms with Crippen molar-refractivity contribution in [2.24, 2.45) is 5.84 Å². The maximum Gasteiger partial charge on any atom is 0.142 e. The van der Waals surface area contributed by atoms with Crippen molar-refractivity contribution in [2.45, 2.75) is 0 Å². The van der Waals surface area contributed by atoms with Crippen LogP contribution in [-0.2, 0) is 0 Å². The highest BCUT2D eigenvalue weighted by Crippen LogP contribution is 2.35. The minimum atomic E-state index is 0.588. The zero-order valence-electron chi connectivity index (χ0n) is 10.1. The van der Waals surface area contributed by atoms with E-state index < -0.39 is 0 Å². The van der Waals surface area contributed by atoms with Crippen molar-refractivity contribution in [1.82, 2.24) is 4.98 Å². The number of benzene rings is 1. The van der Waals surface area contributed by atoms with Gasteiger partial charge in [-0.15, -0.1) is 0 Å². The zero-order valence-corrected chi connectivity index (χ0v) is 13.2. The number of aromatic nitrogens is 1. The van der Waals surface area contributed by atoms with Crippen LogP contribution in [0.2, 0.25) is 0 Å². The lowest BCUT2D eigenvalue weighted by Gasteiger charge is -2.12. The van der Waals surface area contributed by atoms with E-state index in [9.17, 15) is 0 Å². The molecule has 0 aliphatic rings. The lowest BCUT2D eigenvalue weighted by molar-refractivity contribution is 0.412. The number of hydrogen-bond acceptors (Lipinski definition) is 5. The standard InChI is InChI=1S/C12H12Br2N4O/c1-19-10-6-9(7(13)5-8(10)14)16-11-3-2-4-12(17-11)18-15/h2-6H,15H2,1H3,(H2,16,17,18). The van der Waals surface area contributed by atoms with Gasteiger partial charge in [-0.25, -0.2) is 10.8 Å². The molecule has 0 saturated carbocycles. The molecule has 0 aliphatic heterocycles. The molecule has 0 unspecified atom stereocenters. The predicted octanol–water partition coefficient (Wildman–Crippen LogP) is 3.64. The number of halogens is 2. The van der Waals surface area contributed by atoms with Gasteiger partial charge in [-0.3, -0.25) is 0 Å². The van der Waals surface area contributed by atoms with Crippen molar-refractivity contribution >= 4 is 49.2 Å². The summed E-state index contributed by atoms with van der Waals surface area (Å²) in [6.45, 7) is 0. The van der Waals surface area contributed by atoms with E-state index >= 15 is 0 Å². The second-order valence-corrected chi connectivity index (χ2v) is 5.35. The van der Waals surface area contributed by atoms with Crippen molar-refractivity contribution in [3.05, 3.63) is 39.3 Å². The van der Waals surface area contributed by atoms with Crippen molar-refractivity contribution in [2.75, 3.05) is 17.9 Å². The Morgan fingerprint density at radius 1 is 1.16 bits per heavy atom. The number of nitrogen functional groups attached to an aromatic ring is 1. The van der Waals surface area contributed by atoms with Crippen molar-refractivity contribution in [3.63, 3.8) is 0 Å². The van der Waals surface area contributed by atoms with Crippen LogP contribution in [0, 0.1) is 0 Å². The van der Waals surface area contributed by atoms with E-state index in [-0.39, 0.29) is 0 Å². The fraction of sp³-hybridized carbons (Fsp3) is 0.0833. The van der Waals surface area contributed by atoms with Crippen LogP contribution in [0.4, 0.5) is 17.3 Å². The molecule has 2 rings (SSSR count). The third-order valence-corrected chi connectivity index (χ3v) is 3.68. The number of anilines is 3. The molecule has 4 N–H and O–H groups in total. The van der Waals surface area contributed by atoms with Crippen LogP contribution in [0.1, 0.15) is 0 Å². The molecule has 0 radical (unpaired) electrons. The Morgan fingerprint density at radius 3 is 2.58 bits per heavy atom. The highest BCUT2D eigenvalue weighted by Gasteiger charge is 2.08. The minimum absolute atomic E-state index is 0.588. The Bertz CT molecular complexity index is 592. The average Bonchev–Trinajstić information content (AvgIpc) is 2.42. The van der Waals surface area contributed by atoms with Crippen LogP contribution in [0.5, 0.6) is 5.75 Å². The molecule has 1 heterocycles. The molecule has 0 aliphatic carbocycles. The number of methoxy groups -OCH3 is 1. The van der Waals surface area contributed by atoms with Gasteiger partial charge in [-0.1, -0.05) is 6.07 Å². The second kappa shape index (κ2) is 6.23. The van der Waals surface area contributed by atoms with Crippen molar-refractivity contribution in [1.29, 1.82) is 0 Å². The Balaban J connectivity index is 2.32. The maximum atomic E-state index is 5.33. The summed E-state index contributed by atoms with van der Waals surface area (Å²) in [5.74, 6) is 7.34. The Kier molecular flexibility index (Phi) is 4.62. The van der Waals surface area contributed by atoms with Crippen LogP contribution in [0.25, 0.3) is 0 Å². The van der Waals surface area contributed by atoms with Gasteiger partial charge >= 0.3 is 0 Å². The molecule has 7 heteroatoms. The highest BCUT2D eigenvalue weighted by atomic mass is 79.9. The van der Waals surface area contributed by atoms with E-state index in [1.165, 1.54) is 0 Å². The van der Waals surface area contributed by atoms with Gasteiger partial charge < -0.3 is 15.5 Å². The summed E-state index contributed by atoms with van der Waals surface area (Å²) in [6.07, 6.45) is 0. The summed E-state index contributed by atoms with van der Waals surface area (Å²) in [6, 6.07) is 9.27. The summed E-state index contributed by atoms with van der Waals surface area (Å²) in [5.41, 5.74) is 3.35. The van der Waals surface area contributed by atoms with Crippen LogP contribution in [0.15, 0.2) is 39.3 Å². The molecule has 5 nitrogen and oxygen atoms in total. The first-order valence-corrected chi connectivity index (χ1v) is 6.96. The number of hydrazine groups is 1. The topological polar surface area (TPSA) is 72.2 Å². The third-order valence-electron chi connectivity index (χ3n) is 2.40. The summed E-state index contributed by atoms with van der Waals surface area (Å²) in [4.78, 5) is 4.28. The number of rotatable bonds is 4. The van der Waals surface area contributed by atoms with Crippen LogP contribution < -0.4 is 21.3 Å². The van der Waals surface area contributed by atoms with E-state index in [0.29, 0.717) is 11.6 Å². The first-order valence-electron chi connectivity index (χ1n) is 5.37. The Hall–Kier alpha value is -1.31. The van der Waals surface area contributed by atoms with E-state index in [0.717, 1.165) is 20.4 Å². The van der Waals surface area contributed by atoms with E-state index in [2.05, 4.69) is 47.6 Å². The largest absolute Gasteiger partial charge is 0.495 e. The zero-order chi connectivity index (χ0) is 13.8. The molecule has 0 saturated heterocycles. The highest BCUT2D eigenvalue weighted by molar-refractivity contribution is 9.11. The molecule has 2 aromatic rings. The smallest absolute Gasteiger partial charge is 0.142 e. The summed E-state index contributed by atoms with van der Waals surface area (Å²) < 4.78 is 7.03. The van der Waals surface area contributed by atoms with Gasteiger partial charge in [-0.2, -0.15) is 0 Å². The Morgan fingerprint density at radius 2 is 1.89 bits per heavy atom. The van der Waals surface area contributed by atoms with Gasteiger partial charge in [0.1, 0.15) is 17.4 Å². The molecule has 0 amide bonds. The SMILES string of the molecule is COc1cc(Nc2cccc(NN)n2)c(Br)cc1Br. The lowest BCUT2D eigenvalue weighted by Crippen LogP contribution is -2.09. The maximum absolute atomic E-state index is 5.33. The molecule has 1 aromatic carbocycles. The molecule has 0 bridgehead atoms. The molecule has 0 atom stereocenters. The fourth-order valence-electron chi connectivity index (χ4n) is 1.50. The normalized spacial score (nSPS) is 10.1. The third kappa shape index (κ3) is 3.37. The van der Waals surface area contributed by atoms with Gasteiger partial charge in [-0.05, 0) is 50.1 Å². The van der Waals surface area contributed by atoms with Crippen LogP contribution in [-0.4, -0.2) is 12.1 Å². The predicted molar refractivity (Wildman–Crippen MR) is 83.7 cm³/mol. The number of nitrogens with zero attached hydrogens (tertiary/aromatic N) is 1. The summed E-state index contributed by atoms with van der Waals surface area (Å²) in [7, 11) is 1.62. The van der Waals surface area contributed by atoms with Gasteiger partial charge in [0.05, 0.1) is 17.3 Å². The number of hydrogen-bond donors (Lipinski definition) is 3. The summed E-state index contributed by atoms with van der Waals surface area (Å²) >= 11 is 6.91. The molecule has 1 aromatic heterocycles. The van der Waals surface area contributed by atoms with Crippen molar-refractivity contribution in [3.8, 4) is 5.75 Å². The quantitative estimate of drug-likeness (QED) is 0.551. The van der Waals surface area contributed by atoms with E-state index in [1.54, 1.807) is 13.2 Å². The minimum Gasteiger partial charge on any atom is -0.495 e. The monoisotopic (exact) mass is 386 g/mol. The number of nitrogens with one attached hydrogen (secondary N) is 2. The summed E-state index contributed by atoms with van der Waals surface area (Å²) in [5, 5.41) is 3.19.